The molecule has 1 aliphatic carbocycles. The molecule has 31 heavy (non-hydrogen) atoms. The van der Waals surface area contributed by atoms with Crippen LogP contribution in [0.3, 0.4) is 0 Å². The largest absolute Gasteiger partial charge is 0.349 e. The summed E-state index contributed by atoms with van der Waals surface area (Å²) in [5.41, 5.74) is 7.21. The fourth-order valence-electron chi connectivity index (χ4n) is 4.21. The zero-order chi connectivity index (χ0) is 21.5. The molecule has 1 N–H and O–H groups in total. The lowest BCUT2D eigenvalue weighted by Crippen LogP contribution is -2.36. The molecule has 2 amide bonds. The van der Waals surface area contributed by atoms with Crippen molar-refractivity contribution in [2.75, 3.05) is 20.6 Å². The minimum Gasteiger partial charge on any atom is -0.349 e. The van der Waals surface area contributed by atoms with Gasteiger partial charge in [-0.3, -0.25) is 19.3 Å². The first-order valence-corrected chi connectivity index (χ1v) is 10.4. The predicted octanol–water partition coefficient (Wildman–Crippen LogP) is 2.66. The Morgan fingerprint density at radius 2 is 2.06 bits per heavy atom. The van der Waals surface area contributed by atoms with Crippen molar-refractivity contribution in [2.45, 2.75) is 19.4 Å². The summed E-state index contributed by atoms with van der Waals surface area (Å²) in [4.78, 5) is 30.7. The first kappa shape index (κ1) is 19.2. The molecular formula is C24H23N5O2. The van der Waals surface area contributed by atoms with E-state index in [1.165, 1.54) is 0 Å². The van der Waals surface area contributed by atoms with Crippen LogP contribution in [0.25, 0.3) is 23.4 Å². The molecule has 3 heterocycles. The van der Waals surface area contributed by atoms with Gasteiger partial charge in [0, 0.05) is 43.5 Å². The molecular weight excluding hydrogens is 390 g/mol. The van der Waals surface area contributed by atoms with Crippen LogP contribution in [0.4, 0.5) is 0 Å². The highest BCUT2D eigenvalue weighted by molar-refractivity contribution is 5.97. The zero-order valence-corrected chi connectivity index (χ0v) is 17.6. The van der Waals surface area contributed by atoms with Crippen LogP contribution in [0.1, 0.15) is 43.2 Å². The standard InChI is InChI=1S/C24H23N5O2/c1-28(2)24(31)16-5-3-4-15(12-16)6-8-18-13-20-17(14-26-18)7-9-19-21(20)27-29-11-10-25-23(30)22(19)29/h3-6,8,12-14H,7,9-11H2,1-2H3,(H,25,30). The highest BCUT2D eigenvalue weighted by Gasteiger charge is 2.30. The third-order valence-electron chi connectivity index (χ3n) is 5.77. The topological polar surface area (TPSA) is 80.1 Å². The van der Waals surface area contributed by atoms with E-state index in [2.05, 4.69) is 10.3 Å². The van der Waals surface area contributed by atoms with E-state index in [-0.39, 0.29) is 11.8 Å². The van der Waals surface area contributed by atoms with E-state index in [9.17, 15) is 9.59 Å². The zero-order valence-electron chi connectivity index (χ0n) is 17.6. The summed E-state index contributed by atoms with van der Waals surface area (Å²) in [5, 5.41) is 7.67. The van der Waals surface area contributed by atoms with Gasteiger partial charge in [-0.1, -0.05) is 18.2 Å². The number of amides is 2. The molecule has 5 rings (SSSR count). The number of benzene rings is 1. The Balaban J connectivity index is 1.47. The smallest absolute Gasteiger partial charge is 0.269 e. The molecule has 1 aromatic carbocycles. The number of aryl methyl sites for hydroxylation is 1. The van der Waals surface area contributed by atoms with Crippen LogP contribution in [0.15, 0.2) is 36.5 Å². The maximum atomic E-state index is 12.4. The first-order chi connectivity index (χ1) is 15.0. The van der Waals surface area contributed by atoms with Crippen molar-refractivity contribution < 1.29 is 9.59 Å². The van der Waals surface area contributed by atoms with Gasteiger partial charge in [-0.25, -0.2) is 0 Å². The normalized spacial score (nSPS) is 14.6. The lowest BCUT2D eigenvalue weighted by atomic mass is 9.89. The second kappa shape index (κ2) is 7.50. The van der Waals surface area contributed by atoms with Crippen molar-refractivity contribution in [3.63, 3.8) is 0 Å². The minimum atomic E-state index is -0.0372. The van der Waals surface area contributed by atoms with Crippen LogP contribution in [-0.4, -0.2) is 52.1 Å². The molecule has 0 atom stereocenters. The van der Waals surface area contributed by atoms with Crippen LogP contribution in [-0.2, 0) is 19.4 Å². The Morgan fingerprint density at radius 3 is 2.90 bits per heavy atom. The van der Waals surface area contributed by atoms with Gasteiger partial charge < -0.3 is 10.2 Å². The summed E-state index contributed by atoms with van der Waals surface area (Å²) in [6.07, 6.45) is 7.45. The van der Waals surface area contributed by atoms with E-state index < -0.39 is 0 Å². The second-order valence-electron chi connectivity index (χ2n) is 8.08. The predicted molar refractivity (Wildman–Crippen MR) is 119 cm³/mol. The van der Waals surface area contributed by atoms with E-state index in [1.807, 2.05) is 53.4 Å². The van der Waals surface area contributed by atoms with Crippen LogP contribution in [0, 0.1) is 0 Å². The summed E-state index contributed by atoms with van der Waals surface area (Å²) >= 11 is 0. The van der Waals surface area contributed by atoms with Crippen LogP contribution in [0.5, 0.6) is 0 Å². The SMILES string of the molecule is CN(C)C(=O)c1cccc(C=Cc2cc3c(cn2)CCc2c-3nn3c2C(=O)NCC3)c1. The van der Waals surface area contributed by atoms with Gasteiger partial charge in [-0.15, -0.1) is 0 Å². The van der Waals surface area contributed by atoms with Crippen molar-refractivity contribution in [1.29, 1.82) is 0 Å². The lowest BCUT2D eigenvalue weighted by Gasteiger charge is -2.17. The molecule has 2 aliphatic rings. The van der Waals surface area contributed by atoms with Gasteiger partial charge in [0.25, 0.3) is 11.8 Å². The van der Waals surface area contributed by atoms with Crippen molar-refractivity contribution in [3.05, 3.63) is 70.2 Å². The monoisotopic (exact) mass is 413 g/mol. The molecule has 3 aromatic rings. The fraction of sp³-hybridized carbons (Fsp3) is 0.250. The Bertz CT molecular complexity index is 1240. The van der Waals surface area contributed by atoms with Crippen molar-refractivity contribution in [1.82, 2.24) is 25.0 Å². The van der Waals surface area contributed by atoms with E-state index in [0.29, 0.717) is 24.3 Å². The van der Waals surface area contributed by atoms with E-state index in [1.54, 1.807) is 19.0 Å². The third kappa shape index (κ3) is 3.42. The Kier molecular flexibility index (Phi) is 4.66. The minimum absolute atomic E-state index is 0.0255. The molecule has 7 nitrogen and oxygen atoms in total. The Labute approximate surface area is 180 Å². The van der Waals surface area contributed by atoms with Crippen molar-refractivity contribution in [2.24, 2.45) is 0 Å². The van der Waals surface area contributed by atoms with Gasteiger partial charge in [0.15, 0.2) is 0 Å². The molecule has 2 aromatic heterocycles. The maximum Gasteiger partial charge on any atom is 0.269 e. The van der Waals surface area contributed by atoms with Crippen LogP contribution in [0.2, 0.25) is 0 Å². The molecule has 0 fully saturated rings. The van der Waals surface area contributed by atoms with Gasteiger partial charge in [-0.05, 0) is 48.2 Å². The number of nitrogens with zero attached hydrogens (tertiary/aromatic N) is 4. The van der Waals surface area contributed by atoms with Gasteiger partial charge in [-0.2, -0.15) is 5.10 Å². The average molecular weight is 413 g/mol. The Hall–Kier alpha value is -3.74. The first-order valence-electron chi connectivity index (χ1n) is 10.4. The number of pyridine rings is 1. The van der Waals surface area contributed by atoms with Crippen LogP contribution < -0.4 is 5.32 Å². The summed E-state index contributed by atoms with van der Waals surface area (Å²) in [7, 11) is 3.49. The lowest BCUT2D eigenvalue weighted by molar-refractivity contribution is 0.0827. The molecule has 0 saturated heterocycles. The number of carbonyl (C=O) groups excluding carboxylic acids is 2. The molecule has 0 radical (unpaired) electrons. The number of hydrogen-bond donors (Lipinski definition) is 1. The molecule has 0 saturated carbocycles. The maximum absolute atomic E-state index is 12.4. The molecule has 156 valence electrons. The summed E-state index contributed by atoms with van der Waals surface area (Å²) in [5.74, 6) is -0.0627. The number of nitrogens with one attached hydrogen (secondary N) is 1. The molecule has 0 bridgehead atoms. The molecule has 7 heteroatoms. The van der Waals surface area contributed by atoms with Gasteiger partial charge in [0.1, 0.15) is 5.69 Å². The van der Waals surface area contributed by atoms with E-state index in [0.717, 1.165) is 46.5 Å². The highest BCUT2D eigenvalue weighted by Crippen LogP contribution is 2.35. The number of fused-ring (bicyclic) bond motifs is 5. The highest BCUT2D eigenvalue weighted by atomic mass is 16.2. The molecule has 0 unspecified atom stereocenters. The number of hydrogen-bond acceptors (Lipinski definition) is 4. The molecule has 1 aliphatic heterocycles. The van der Waals surface area contributed by atoms with Crippen LogP contribution >= 0.6 is 0 Å². The average Bonchev–Trinajstić information content (AvgIpc) is 3.17. The van der Waals surface area contributed by atoms with Crippen molar-refractivity contribution in [3.8, 4) is 11.3 Å². The summed E-state index contributed by atoms with van der Waals surface area (Å²) in [6, 6.07) is 9.56. The number of rotatable bonds is 3. The second-order valence-corrected chi connectivity index (χ2v) is 8.08. The van der Waals surface area contributed by atoms with Gasteiger partial charge in [0.2, 0.25) is 0 Å². The summed E-state index contributed by atoms with van der Waals surface area (Å²) < 4.78 is 1.84. The quantitative estimate of drug-likeness (QED) is 0.716. The van der Waals surface area contributed by atoms with E-state index >= 15 is 0 Å². The molecule has 0 spiro atoms. The van der Waals surface area contributed by atoms with Gasteiger partial charge >= 0.3 is 0 Å². The summed E-state index contributed by atoms with van der Waals surface area (Å²) in [6.45, 7) is 1.31. The number of carbonyl (C=O) groups is 2. The third-order valence-corrected chi connectivity index (χ3v) is 5.77. The number of aromatic nitrogens is 3. The Morgan fingerprint density at radius 1 is 1.19 bits per heavy atom. The van der Waals surface area contributed by atoms with Crippen molar-refractivity contribution >= 4 is 24.0 Å². The van der Waals surface area contributed by atoms with Gasteiger partial charge in [0.05, 0.1) is 17.9 Å². The van der Waals surface area contributed by atoms with E-state index in [4.69, 9.17) is 5.10 Å². The fourth-order valence-corrected chi connectivity index (χ4v) is 4.21.